The summed E-state index contributed by atoms with van der Waals surface area (Å²) in [5.74, 6) is 1.44. The number of aliphatic hydroxyl groups excluding tert-OH is 1. The van der Waals surface area contributed by atoms with Gasteiger partial charge in [0, 0.05) is 48.2 Å². The van der Waals surface area contributed by atoms with Gasteiger partial charge in [-0.05, 0) is 37.0 Å². The molecule has 1 aliphatic rings. The van der Waals surface area contributed by atoms with Gasteiger partial charge in [0.2, 0.25) is 0 Å². The van der Waals surface area contributed by atoms with E-state index in [0.717, 1.165) is 40.0 Å². The zero-order valence-corrected chi connectivity index (χ0v) is 16.3. The molecule has 5 rings (SSSR count). The van der Waals surface area contributed by atoms with Gasteiger partial charge in [0.15, 0.2) is 5.82 Å². The lowest BCUT2D eigenvalue weighted by atomic mass is 10.1. The topological polar surface area (TPSA) is 88.8 Å². The number of hydrogen-bond donors (Lipinski definition) is 2. The number of aryl methyl sites for hydroxylation is 3. The number of fused-ring (bicyclic) bond motifs is 3. The van der Waals surface area contributed by atoms with Crippen molar-refractivity contribution in [3.63, 3.8) is 0 Å². The maximum absolute atomic E-state index is 10.5. The molecule has 4 aromatic rings. The van der Waals surface area contributed by atoms with E-state index in [9.17, 15) is 5.11 Å². The van der Waals surface area contributed by atoms with Crippen LogP contribution in [0.3, 0.4) is 0 Å². The number of hydrogen-bond acceptors (Lipinski definition) is 7. The van der Waals surface area contributed by atoms with E-state index in [0.29, 0.717) is 12.4 Å². The third-order valence-electron chi connectivity index (χ3n) is 5.06. The highest BCUT2D eigenvalue weighted by molar-refractivity contribution is 7.19. The number of pyridine rings is 1. The molecule has 7 nitrogen and oxygen atoms in total. The minimum absolute atomic E-state index is 0.356. The normalized spacial score (nSPS) is 14.4. The summed E-state index contributed by atoms with van der Waals surface area (Å²) in [5, 5.41) is 19.1. The first-order chi connectivity index (χ1) is 13.7. The summed E-state index contributed by atoms with van der Waals surface area (Å²) in [4.78, 5) is 16.2. The quantitative estimate of drug-likeness (QED) is 0.542. The van der Waals surface area contributed by atoms with Crippen LogP contribution in [0.1, 0.15) is 28.5 Å². The molecule has 0 amide bonds. The molecule has 0 aliphatic heterocycles. The molecule has 0 aromatic carbocycles. The Morgan fingerprint density at radius 3 is 3.00 bits per heavy atom. The first-order valence-electron chi connectivity index (χ1n) is 9.32. The van der Waals surface area contributed by atoms with Gasteiger partial charge in [-0.25, -0.2) is 9.97 Å². The summed E-state index contributed by atoms with van der Waals surface area (Å²) in [6, 6.07) is 3.85. The Morgan fingerprint density at radius 1 is 1.29 bits per heavy atom. The van der Waals surface area contributed by atoms with E-state index in [1.54, 1.807) is 34.6 Å². The number of thiophene rings is 1. The Kier molecular flexibility index (Phi) is 4.29. The van der Waals surface area contributed by atoms with Gasteiger partial charge in [-0.3, -0.25) is 9.67 Å². The van der Waals surface area contributed by atoms with E-state index in [1.807, 2.05) is 25.4 Å². The smallest absolute Gasteiger partial charge is 0.164 e. The molecular formula is C20H20N6OS. The van der Waals surface area contributed by atoms with Crippen molar-refractivity contribution < 1.29 is 5.11 Å². The lowest BCUT2D eigenvalue weighted by Gasteiger charge is -2.13. The molecule has 0 bridgehead atoms. The molecule has 0 saturated carbocycles. The third kappa shape index (κ3) is 3.04. The molecule has 0 radical (unpaired) electrons. The van der Waals surface area contributed by atoms with Crippen LogP contribution >= 0.6 is 11.3 Å². The van der Waals surface area contributed by atoms with Crippen molar-refractivity contribution in [2.75, 3.05) is 11.9 Å². The van der Waals surface area contributed by atoms with Gasteiger partial charge < -0.3 is 10.4 Å². The fourth-order valence-electron chi connectivity index (χ4n) is 3.67. The third-order valence-corrected chi connectivity index (χ3v) is 6.24. The first-order valence-corrected chi connectivity index (χ1v) is 10.1. The lowest BCUT2D eigenvalue weighted by molar-refractivity contribution is 0.191. The minimum Gasteiger partial charge on any atom is -0.386 e. The molecule has 8 heteroatoms. The molecule has 2 N–H and O–H groups in total. The van der Waals surface area contributed by atoms with Gasteiger partial charge in [0.1, 0.15) is 10.6 Å². The van der Waals surface area contributed by atoms with Gasteiger partial charge in [-0.15, -0.1) is 11.3 Å². The molecule has 1 atom stereocenters. The highest BCUT2D eigenvalue weighted by atomic mass is 32.1. The molecule has 0 spiro atoms. The van der Waals surface area contributed by atoms with Crippen LogP contribution in [0.15, 0.2) is 36.9 Å². The van der Waals surface area contributed by atoms with Crippen LogP contribution in [0, 0.1) is 0 Å². The predicted octanol–water partition coefficient (Wildman–Crippen LogP) is 3.12. The fourth-order valence-corrected chi connectivity index (χ4v) is 4.93. The van der Waals surface area contributed by atoms with Crippen LogP contribution in [0.4, 0.5) is 5.82 Å². The van der Waals surface area contributed by atoms with Crippen LogP contribution in [-0.2, 0) is 19.9 Å². The predicted molar refractivity (Wildman–Crippen MR) is 109 cm³/mol. The summed E-state index contributed by atoms with van der Waals surface area (Å²) in [5.41, 5.74) is 3.02. The number of rotatable bonds is 5. The maximum atomic E-state index is 10.5. The summed E-state index contributed by atoms with van der Waals surface area (Å²) >= 11 is 1.76. The van der Waals surface area contributed by atoms with Gasteiger partial charge >= 0.3 is 0 Å². The van der Waals surface area contributed by atoms with E-state index < -0.39 is 6.10 Å². The largest absolute Gasteiger partial charge is 0.386 e. The Bertz CT molecular complexity index is 1140. The van der Waals surface area contributed by atoms with Gasteiger partial charge in [0.25, 0.3) is 0 Å². The summed E-state index contributed by atoms with van der Waals surface area (Å²) < 4.78 is 1.69. The molecule has 0 saturated heterocycles. The molecule has 142 valence electrons. The van der Waals surface area contributed by atoms with Crippen LogP contribution < -0.4 is 5.32 Å². The molecular weight excluding hydrogens is 372 g/mol. The number of anilines is 1. The molecule has 1 unspecified atom stereocenters. The second-order valence-corrected chi connectivity index (χ2v) is 8.10. The van der Waals surface area contributed by atoms with E-state index in [2.05, 4.69) is 15.4 Å². The SMILES string of the molecule is Cn1cc(C(O)CNc2nc(-c3cccnc3)nc3sc4c(c23)CCC4)cn1. The van der Waals surface area contributed by atoms with Crippen LogP contribution in [0.25, 0.3) is 21.6 Å². The van der Waals surface area contributed by atoms with Crippen LogP contribution in [0.2, 0.25) is 0 Å². The molecule has 28 heavy (non-hydrogen) atoms. The lowest BCUT2D eigenvalue weighted by Crippen LogP contribution is -2.13. The first kappa shape index (κ1) is 17.3. The Morgan fingerprint density at radius 2 is 2.21 bits per heavy atom. The maximum Gasteiger partial charge on any atom is 0.164 e. The summed E-state index contributed by atoms with van der Waals surface area (Å²) in [6.45, 7) is 0.356. The van der Waals surface area contributed by atoms with Crippen LogP contribution in [0.5, 0.6) is 0 Å². The van der Waals surface area contributed by atoms with E-state index in [4.69, 9.17) is 9.97 Å². The zero-order chi connectivity index (χ0) is 19.1. The standard InChI is InChI=1S/C20H20N6OS/c1-26-11-13(9-23-26)15(27)10-22-19-17-14-5-2-6-16(14)28-20(17)25-18(24-19)12-4-3-7-21-8-12/h3-4,7-9,11,15,27H,2,5-6,10H2,1H3,(H,22,24,25). The minimum atomic E-state index is -0.660. The van der Waals surface area contributed by atoms with E-state index in [1.165, 1.54) is 16.9 Å². The van der Waals surface area contributed by atoms with Gasteiger partial charge in [0.05, 0.1) is 17.7 Å². The van der Waals surface area contributed by atoms with E-state index >= 15 is 0 Å². The number of aromatic nitrogens is 5. The summed E-state index contributed by atoms with van der Waals surface area (Å²) in [6.07, 6.45) is 9.71. The molecule has 1 aliphatic carbocycles. The Labute approximate surface area is 166 Å². The Hall–Kier alpha value is -2.84. The summed E-state index contributed by atoms with van der Waals surface area (Å²) in [7, 11) is 1.84. The Balaban J connectivity index is 1.53. The molecule has 4 heterocycles. The van der Waals surface area contributed by atoms with Crippen molar-refractivity contribution in [1.82, 2.24) is 24.7 Å². The van der Waals surface area contributed by atoms with Crippen molar-refractivity contribution in [2.45, 2.75) is 25.4 Å². The van der Waals surface area contributed by atoms with Gasteiger partial charge in [-0.2, -0.15) is 5.10 Å². The van der Waals surface area contributed by atoms with Crippen molar-refractivity contribution in [3.05, 3.63) is 52.9 Å². The number of aliphatic hydroxyl groups is 1. The van der Waals surface area contributed by atoms with E-state index in [-0.39, 0.29) is 0 Å². The van der Waals surface area contributed by atoms with Crippen molar-refractivity contribution >= 4 is 27.4 Å². The number of nitrogens with one attached hydrogen (secondary N) is 1. The van der Waals surface area contributed by atoms with Crippen molar-refractivity contribution in [3.8, 4) is 11.4 Å². The molecule has 0 fully saturated rings. The molecule has 4 aromatic heterocycles. The van der Waals surface area contributed by atoms with Crippen LogP contribution in [-0.4, -0.2) is 36.4 Å². The zero-order valence-electron chi connectivity index (χ0n) is 15.5. The highest BCUT2D eigenvalue weighted by Crippen LogP contribution is 2.40. The van der Waals surface area contributed by atoms with Crippen molar-refractivity contribution in [2.24, 2.45) is 7.05 Å². The van der Waals surface area contributed by atoms with Gasteiger partial charge in [-0.1, -0.05) is 0 Å². The number of nitrogens with zero attached hydrogens (tertiary/aromatic N) is 5. The fraction of sp³-hybridized carbons (Fsp3) is 0.300. The monoisotopic (exact) mass is 392 g/mol. The average molecular weight is 392 g/mol. The average Bonchev–Trinajstić information content (AvgIpc) is 3.42. The second kappa shape index (κ2) is 6.96. The van der Waals surface area contributed by atoms with Crippen molar-refractivity contribution in [1.29, 1.82) is 0 Å². The highest BCUT2D eigenvalue weighted by Gasteiger charge is 2.23. The second-order valence-electron chi connectivity index (χ2n) is 7.02.